The van der Waals surface area contributed by atoms with Gasteiger partial charge in [0, 0.05) is 5.56 Å². The summed E-state index contributed by atoms with van der Waals surface area (Å²) < 4.78 is 0. The van der Waals surface area contributed by atoms with Crippen molar-refractivity contribution in [1.29, 1.82) is 0 Å². The maximum atomic E-state index is 6.15. The molecule has 0 spiro atoms. The zero-order valence-electron chi connectivity index (χ0n) is 10.4. The molecule has 4 heteroatoms. The fourth-order valence-electron chi connectivity index (χ4n) is 2.02. The van der Waals surface area contributed by atoms with E-state index in [1.165, 1.54) is 6.20 Å². The molecule has 0 amide bonds. The van der Waals surface area contributed by atoms with Crippen LogP contribution in [0.5, 0.6) is 0 Å². The van der Waals surface area contributed by atoms with Gasteiger partial charge in [0.1, 0.15) is 0 Å². The van der Waals surface area contributed by atoms with E-state index < -0.39 is 0 Å². The second kappa shape index (κ2) is 5.61. The molecule has 0 aliphatic rings. The molecule has 0 unspecified atom stereocenters. The van der Waals surface area contributed by atoms with Gasteiger partial charge in [-0.05, 0) is 28.8 Å². The standard InChI is InChI=1S/C16H10Cl2N2/c17-14-10-19-16(18)20-15(14)13-8-4-7-12(9-13)11-5-2-1-3-6-11/h1-10H. The Morgan fingerprint density at radius 2 is 1.45 bits per heavy atom. The van der Waals surface area contributed by atoms with Crippen LogP contribution in [-0.2, 0) is 0 Å². The highest BCUT2D eigenvalue weighted by atomic mass is 35.5. The van der Waals surface area contributed by atoms with Gasteiger partial charge in [-0.1, -0.05) is 60.1 Å². The average Bonchev–Trinajstić information content (AvgIpc) is 2.51. The van der Waals surface area contributed by atoms with Crippen LogP contribution in [0.4, 0.5) is 0 Å². The lowest BCUT2D eigenvalue weighted by molar-refractivity contribution is 1.17. The van der Waals surface area contributed by atoms with Crippen molar-refractivity contribution in [2.24, 2.45) is 0 Å². The summed E-state index contributed by atoms with van der Waals surface area (Å²) in [7, 11) is 0. The van der Waals surface area contributed by atoms with Crippen LogP contribution in [0.3, 0.4) is 0 Å². The van der Waals surface area contributed by atoms with Gasteiger partial charge >= 0.3 is 0 Å². The zero-order chi connectivity index (χ0) is 13.9. The summed E-state index contributed by atoms with van der Waals surface area (Å²) in [4.78, 5) is 8.07. The Labute approximate surface area is 127 Å². The van der Waals surface area contributed by atoms with E-state index in [2.05, 4.69) is 28.2 Å². The summed E-state index contributed by atoms with van der Waals surface area (Å²) in [6.07, 6.45) is 1.52. The minimum Gasteiger partial charge on any atom is -0.225 e. The van der Waals surface area contributed by atoms with Gasteiger partial charge in [0.05, 0.1) is 16.9 Å². The molecule has 0 saturated heterocycles. The molecule has 0 N–H and O–H groups in total. The van der Waals surface area contributed by atoms with Gasteiger partial charge in [-0.15, -0.1) is 0 Å². The highest BCUT2D eigenvalue weighted by molar-refractivity contribution is 6.33. The number of rotatable bonds is 2. The van der Waals surface area contributed by atoms with Crippen molar-refractivity contribution < 1.29 is 0 Å². The number of aromatic nitrogens is 2. The summed E-state index contributed by atoms with van der Waals surface area (Å²) in [5, 5.41) is 0.675. The largest absolute Gasteiger partial charge is 0.225 e. The van der Waals surface area contributed by atoms with Crippen LogP contribution in [0, 0.1) is 0 Å². The average molecular weight is 301 g/mol. The third-order valence-electron chi connectivity index (χ3n) is 2.96. The predicted octanol–water partition coefficient (Wildman–Crippen LogP) is 5.12. The first-order valence-corrected chi connectivity index (χ1v) is 6.83. The van der Waals surface area contributed by atoms with Gasteiger partial charge in [0.2, 0.25) is 5.28 Å². The van der Waals surface area contributed by atoms with Crippen molar-refractivity contribution in [2.75, 3.05) is 0 Å². The topological polar surface area (TPSA) is 25.8 Å². The smallest absolute Gasteiger partial charge is 0.222 e. The maximum absolute atomic E-state index is 6.15. The number of hydrogen-bond acceptors (Lipinski definition) is 2. The van der Waals surface area contributed by atoms with Crippen LogP contribution in [0.25, 0.3) is 22.4 Å². The van der Waals surface area contributed by atoms with Gasteiger partial charge in [0.25, 0.3) is 0 Å². The molecule has 0 radical (unpaired) electrons. The van der Waals surface area contributed by atoms with Crippen LogP contribution < -0.4 is 0 Å². The fraction of sp³-hybridized carbons (Fsp3) is 0. The highest BCUT2D eigenvalue weighted by Crippen LogP contribution is 2.29. The van der Waals surface area contributed by atoms with Crippen LogP contribution in [0.15, 0.2) is 60.8 Å². The van der Waals surface area contributed by atoms with Gasteiger partial charge in [-0.2, -0.15) is 0 Å². The molecule has 1 heterocycles. The van der Waals surface area contributed by atoms with Crippen LogP contribution in [-0.4, -0.2) is 9.97 Å². The minimum absolute atomic E-state index is 0.189. The minimum atomic E-state index is 0.189. The van der Waals surface area contributed by atoms with Crippen LogP contribution in [0.2, 0.25) is 10.3 Å². The number of benzene rings is 2. The molecule has 20 heavy (non-hydrogen) atoms. The predicted molar refractivity (Wildman–Crippen MR) is 82.9 cm³/mol. The first-order valence-electron chi connectivity index (χ1n) is 6.08. The van der Waals surface area contributed by atoms with E-state index in [1.54, 1.807) is 0 Å². The van der Waals surface area contributed by atoms with Crippen molar-refractivity contribution in [2.45, 2.75) is 0 Å². The molecule has 3 rings (SSSR count). The van der Waals surface area contributed by atoms with Gasteiger partial charge in [-0.3, -0.25) is 0 Å². The molecule has 2 aromatic carbocycles. The molecular weight excluding hydrogens is 291 g/mol. The van der Waals surface area contributed by atoms with E-state index in [9.17, 15) is 0 Å². The Kier molecular flexibility index (Phi) is 3.68. The molecule has 0 fully saturated rings. The third kappa shape index (κ3) is 2.67. The molecule has 0 atom stereocenters. The van der Waals surface area contributed by atoms with Gasteiger partial charge < -0.3 is 0 Å². The second-order valence-electron chi connectivity index (χ2n) is 4.28. The van der Waals surface area contributed by atoms with Crippen molar-refractivity contribution in [1.82, 2.24) is 9.97 Å². The van der Waals surface area contributed by atoms with Gasteiger partial charge in [0.15, 0.2) is 0 Å². The Bertz CT molecular complexity index is 742. The first-order chi connectivity index (χ1) is 9.74. The highest BCUT2D eigenvalue weighted by Gasteiger charge is 2.08. The quantitative estimate of drug-likeness (QED) is 0.614. The molecular formula is C16H10Cl2N2. The van der Waals surface area contributed by atoms with Crippen molar-refractivity contribution in [3.63, 3.8) is 0 Å². The maximum Gasteiger partial charge on any atom is 0.222 e. The number of hydrogen-bond donors (Lipinski definition) is 0. The molecule has 0 aliphatic carbocycles. The lowest BCUT2D eigenvalue weighted by Gasteiger charge is -2.07. The van der Waals surface area contributed by atoms with E-state index in [1.807, 2.05) is 36.4 Å². The molecule has 0 aliphatic heterocycles. The van der Waals surface area contributed by atoms with Crippen molar-refractivity contribution in [3.8, 4) is 22.4 Å². The SMILES string of the molecule is Clc1ncc(Cl)c(-c2cccc(-c3ccccc3)c2)n1. The Morgan fingerprint density at radius 1 is 0.750 bits per heavy atom. The van der Waals surface area contributed by atoms with E-state index in [0.717, 1.165) is 16.7 Å². The van der Waals surface area contributed by atoms with Gasteiger partial charge in [-0.25, -0.2) is 9.97 Å². The summed E-state index contributed by atoms with van der Waals surface area (Å²) in [5.74, 6) is 0. The van der Waals surface area contributed by atoms with E-state index in [0.29, 0.717) is 10.7 Å². The Morgan fingerprint density at radius 3 is 2.25 bits per heavy atom. The van der Waals surface area contributed by atoms with E-state index in [-0.39, 0.29) is 5.28 Å². The Hall–Kier alpha value is -1.90. The lowest BCUT2D eigenvalue weighted by Crippen LogP contribution is -1.89. The molecule has 0 bridgehead atoms. The molecule has 1 aromatic heterocycles. The van der Waals surface area contributed by atoms with Crippen molar-refractivity contribution in [3.05, 3.63) is 71.1 Å². The number of nitrogens with zero attached hydrogens (tertiary/aromatic N) is 2. The summed E-state index contributed by atoms with van der Waals surface area (Å²) in [6, 6.07) is 18.2. The van der Waals surface area contributed by atoms with Crippen LogP contribution >= 0.6 is 23.2 Å². The molecule has 2 nitrogen and oxygen atoms in total. The number of halogens is 2. The zero-order valence-corrected chi connectivity index (χ0v) is 11.9. The Balaban J connectivity index is 2.10. The summed E-state index contributed by atoms with van der Waals surface area (Å²) in [6.45, 7) is 0. The van der Waals surface area contributed by atoms with Crippen molar-refractivity contribution >= 4 is 23.2 Å². The van der Waals surface area contributed by atoms with E-state index >= 15 is 0 Å². The first kappa shape index (κ1) is 13.1. The fourth-order valence-corrected chi connectivity index (χ4v) is 2.36. The van der Waals surface area contributed by atoms with E-state index in [4.69, 9.17) is 23.2 Å². The lowest BCUT2D eigenvalue weighted by atomic mass is 10.0. The molecule has 98 valence electrons. The molecule has 0 saturated carbocycles. The molecule has 3 aromatic rings. The second-order valence-corrected chi connectivity index (χ2v) is 5.03. The van der Waals surface area contributed by atoms with Crippen LogP contribution in [0.1, 0.15) is 0 Å². The normalized spacial score (nSPS) is 10.5. The third-order valence-corrected chi connectivity index (χ3v) is 3.42. The summed E-state index contributed by atoms with van der Waals surface area (Å²) >= 11 is 12.0. The monoisotopic (exact) mass is 300 g/mol. The summed E-state index contributed by atoms with van der Waals surface area (Å²) in [5.41, 5.74) is 3.81.